The third kappa shape index (κ3) is 10.3. The third-order valence-corrected chi connectivity index (χ3v) is 6.85. The molecule has 0 spiro atoms. The van der Waals surface area contributed by atoms with Gasteiger partial charge in [-0.15, -0.1) is 0 Å². The first kappa shape index (κ1) is 35.4. The second kappa shape index (κ2) is 17.4. The molecule has 0 aliphatic rings. The minimum absolute atomic E-state index is 0.186. The number of amides is 2. The molecular weight excluding hydrogens is 635 g/mol. The lowest BCUT2D eigenvalue weighted by Crippen LogP contribution is -2.30. The molecule has 0 unspecified atom stereocenters. The molecule has 240 valence electrons. The fourth-order valence-corrected chi connectivity index (χ4v) is 4.36. The van der Waals surface area contributed by atoms with Crippen molar-refractivity contribution in [2.45, 2.75) is 6.92 Å². The number of carbonyl (C=O) groups is 4. The van der Waals surface area contributed by atoms with E-state index >= 15 is 0 Å². The third-order valence-electron chi connectivity index (χ3n) is 6.35. The minimum atomic E-state index is -1.11. The molecule has 46 heavy (non-hydrogen) atoms. The van der Waals surface area contributed by atoms with Crippen LogP contribution >= 0.6 is 23.2 Å². The Morgan fingerprint density at radius 1 is 0.630 bits per heavy atom. The second-order valence-corrected chi connectivity index (χ2v) is 10.3. The summed E-state index contributed by atoms with van der Waals surface area (Å²) in [6, 6.07) is 25.0. The van der Waals surface area contributed by atoms with Crippen LogP contribution in [0.2, 0.25) is 10.0 Å². The van der Waals surface area contributed by atoms with Crippen molar-refractivity contribution in [2.75, 3.05) is 33.9 Å². The van der Waals surface area contributed by atoms with Gasteiger partial charge in [-0.05, 0) is 77.7 Å². The topological polar surface area (TPSA) is 140 Å². The smallest absolute Gasteiger partial charge is 0.325 e. The van der Waals surface area contributed by atoms with Gasteiger partial charge in [0.1, 0.15) is 24.6 Å². The van der Waals surface area contributed by atoms with Crippen LogP contribution in [0.1, 0.15) is 27.6 Å². The predicted octanol–water partition coefficient (Wildman–Crippen LogP) is 6.14. The lowest BCUT2D eigenvalue weighted by molar-refractivity contribution is -0.141. The second-order valence-electron chi connectivity index (χ2n) is 9.41. The molecule has 2 amide bonds. The zero-order valence-corrected chi connectivity index (χ0v) is 26.8. The molecule has 3 N–H and O–H groups in total. The lowest BCUT2D eigenvalue weighted by atomic mass is 10.0. The maximum atomic E-state index is 12.2. The number of hydrogen-bond donors (Lipinski definition) is 3. The van der Waals surface area contributed by atoms with Gasteiger partial charge < -0.3 is 30.0 Å². The Morgan fingerprint density at radius 2 is 1.02 bits per heavy atom. The largest absolute Gasteiger partial charge is 0.496 e. The van der Waals surface area contributed by atoms with Crippen molar-refractivity contribution >= 4 is 47.0 Å². The van der Waals surface area contributed by atoms with Crippen LogP contribution < -0.4 is 20.1 Å². The number of carboxylic acids is 1. The maximum absolute atomic E-state index is 12.2. The lowest BCUT2D eigenvalue weighted by Gasteiger charge is -2.11. The fraction of sp³-hybridized carbons (Fsp3) is 0.176. The highest BCUT2D eigenvalue weighted by atomic mass is 35.5. The summed E-state index contributed by atoms with van der Waals surface area (Å²) in [4.78, 5) is 46.0. The van der Waals surface area contributed by atoms with E-state index in [0.29, 0.717) is 27.1 Å². The monoisotopic (exact) mass is 666 g/mol. The maximum Gasteiger partial charge on any atom is 0.325 e. The van der Waals surface area contributed by atoms with E-state index in [0.717, 1.165) is 22.3 Å². The van der Waals surface area contributed by atoms with Gasteiger partial charge >= 0.3 is 11.9 Å². The van der Waals surface area contributed by atoms with Gasteiger partial charge in [0.2, 0.25) is 0 Å². The number of nitrogens with one attached hydrogen (secondary N) is 2. The average molecular weight is 668 g/mol. The number of carboxylic acid groups (broad SMARTS) is 1. The number of hydrogen-bond acceptors (Lipinski definition) is 7. The number of ether oxygens (including phenoxy) is 3. The van der Waals surface area contributed by atoms with Gasteiger partial charge in [0.25, 0.3) is 11.8 Å². The molecule has 12 heteroatoms. The van der Waals surface area contributed by atoms with Gasteiger partial charge in [-0.1, -0.05) is 59.6 Å². The molecule has 4 aromatic carbocycles. The van der Waals surface area contributed by atoms with E-state index in [1.807, 2.05) is 30.3 Å². The molecule has 4 rings (SSSR count). The summed E-state index contributed by atoms with van der Waals surface area (Å²) < 4.78 is 15.3. The molecule has 10 nitrogen and oxygen atoms in total. The first-order valence-electron chi connectivity index (χ1n) is 13.9. The Bertz CT molecular complexity index is 1680. The summed E-state index contributed by atoms with van der Waals surface area (Å²) in [5, 5.41) is 14.7. The summed E-state index contributed by atoms with van der Waals surface area (Å²) in [6.45, 7) is 1.35. The molecule has 0 aliphatic heterocycles. The van der Waals surface area contributed by atoms with Crippen LogP contribution in [0.15, 0.2) is 84.9 Å². The Kier molecular flexibility index (Phi) is 13.4. The van der Waals surface area contributed by atoms with Crippen LogP contribution in [-0.4, -0.2) is 62.8 Å². The van der Waals surface area contributed by atoms with Crippen molar-refractivity contribution < 1.29 is 38.5 Å². The van der Waals surface area contributed by atoms with Crippen molar-refractivity contribution in [3.8, 4) is 33.8 Å². The number of esters is 1. The predicted molar refractivity (Wildman–Crippen MR) is 176 cm³/mol. The molecule has 0 saturated heterocycles. The standard InChI is InChI=1S/C18H18ClNO4.C16H14ClNO4/c1-3-24-17(21)11-20-18(22)15-9-6-13(10-16(15)23-2)12-4-7-14(19)8-5-12;1-22-14-8-11(10-2-5-12(17)6-3-10)4-7-13(14)16(21)18-9-15(19)20/h4-10H,3,11H2,1-2H3,(H,20,22);2-8H,9H2,1H3,(H,18,21)(H,19,20). The SMILES string of the molecule is CCOC(=O)CNC(=O)c1ccc(-c2ccc(Cl)cc2)cc1OC.COc1cc(-c2ccc(Cl)cc2)ccc1C(=O)NCC(=O)O. The summed E-state index contributed by atoms with van der Waals surface area (Å²) in [7, 11) is 2.94. The van der Waals surface area contributed by atoms with Crippen LogP contribution in [0.25, 0.3) is 22.3 Å². The van der Waals surface area contributed by atoms with E-state index < -0.39 is 30.3 Å². The first-order chi connectivity index (χ1) is 22.1. The summed E-state index contributed by atoms with van der Waals surface area (Å²) in [6.07, 6.45) is 0. The average Bonchev–Trinajstić information content (AvgIpc) is 3.06. The molecule has 0 fully saturated rings. The van der Waals surface area contributed by atoms with Gasteiger partial charge in [-0.3, -0.25) is 19.2 Å². The highest BCUT2D eigenvalue weighted by molar-refractivity contribution is 6.31. The molecule has 4 aromatic rings. The summed E-state index contributed by atoms with van der Waals surface area (Å²) in [5.74, 6) is -1.70. The molecule has 0 bridgehead atoms. The zero-order valence-electron chi connectivity index (χ0n) is 25.3. The highest BCUT2D eigenvalue weighted by Gasteiger charge is 2.16. The van der Waals surface area contributed by atoms with Crippen molar-refractivity contribution in [3.05, 3.63) is 106 Å². The number of methoxy groups -OCH3 is 2. The van der Waals surface area contributed by atoms with Gasteiger partial charge in [0.05, 0.1) is 32.0 Å². The number of aliphatic carboxylic acids is 1. The molecule has 0 saturated carbocycles. The quantitative estimate of drug-likeness (QED) is 0.162. The van der Waals surface area contributed by atoms with E-state index in [9.17, 15) is 19.2 Å². The van der Waals surface area contributed by atoms with Crippen molar-refractivity contribution in [2.24, 2.45) is 0 Å². The number of benzene rings is 4. The fourth-order valence-electron chi connectivity index (χ4n) is 4.11. The van der Waals surface area contributed by atoms with E-state index in [2.05, 4.69) is 10.6 Å². The number of carbonyl (C=O) groups excluding carboxylic acids is 3. The highest BCUT2D eigenvalue weighted by Crippen LogP contribution is 2.29. The Hall–Kier alpha value is -5.06. The van der Waals surface area contributed by atoms with Gasteiger partial charge in [-0.25, -0.2) is 0 Å². The normalized spacial score (nSPS) is 10.1. The van der Waals surface area contributed by atoms with E-state index in [1.165, 1.54) is 14.2 Å². The van der Waals surface area contributed by atoms with Crippen molar-refractivity contribution in [3.63, 3.8) is 0 Å². The first-order valence-corrected chi connectivity index (χ1v) is 14.6. The number of rotatable bonds is 11. The van der Waals surface area contributed by atoms with Crippen LogP contribution in [0, 0.1) is 0 Å². The molecule has 0 aliphatic carbocycles. The molecule has 0 radical (unpaired) electrons. The van der Waals surface area contributed by atoms with Gasteiger partial charge in [-0.2, -0.15) is 0 Å². The van der Waals surface area contributed by atoms with Crippen LogP contribution in [-0.2, 0) is 14.3 Å². The Labute approximate surface area is 276 Å². The van der Waals surface area contributed by atoms with E-state index in [-0.39, 0.29) is 18.7 Å². The van der Waals surface area contributed by atoms with Gasteiger partial charge in [0, 0.05) is 10.0 Å². The zero-order chi connectivity index (χ0) is 33.6. The van der Waals surface area contributed by atoms with E-state index in [1.54, 1.807) is 61.5 Å². The van der Waals surface area contributed by atoms with Crippen LogP contribution in [0.5, 0.6) is 11.5 Å². The van der Waals surface area contributed by atoms with Crippen LogP contribution in [0.3, 0.4) is 0 Å². The minimum Gasteiger partial charge on any atom is -0.496 e. The Balaban J connectivity index is 0.000000251. The molecular formula is C34H32Cl2N2O8. The van der Waals surface area contributed by atoms with Crippen molar-refractivity contribution in [1.82, 2.24) is 10.6 Å². The Morgan fingerprint density at radius 3 is 1.39 bits per heavy atom. The van der Waals surface area contributed by atoms with Gasteiger partial charge in [0.15, 0.2) is 0 Å². The summed E-state index contributed by atoms with van der Waals surface area (Å²) in [5.41, 5.74) is 4.27. The summed E-state index contributed by atoms with van der Waals surface area (Å²) >= 11 is 11.8. The number of halogens is 2. The molecule has 0 atom stereocenters. The van der Waals surface area contributed by atoms with E-state index in [4.69, 9.17) is 42.5 Å². The molecule has 0 heterocycles. The van der Waals surface area contributed by atoms with Crippen molar-refractivity contribution in [1.29, 1.82) is 0 Å². The van der Waals surface area contributed by atoms with Crippen LogP contribution in [0.4, 0.5) is 0 Å². The molecule has 0 aromatic heterocycles.